The first-order chi connectivity index (χ1) is 9.69. The Hall–Kier alpha value is -2.09. The van der Waals surface area contributed by atoms with Crippen LogP contribution in [0.2, 0.25) is 0 Å². The van der Waals surface area contributed by atoms with E-state index >= 15 is 0 Å². The summed E-state index contributed by atoms with van der Waals surface area (Å²) in [6.07, 6.45) is 3.33. The van der Waals surface area contributed by atoms with Crippen LogP contribution in [0.4, 0.5) is 4.39 Å². The maximum Gasteiger partial charge on any atom is 0.128 e. The minimum absolute atomic E-state index is 0.243. The highest BCUT2D eigenvalue weighted by atomic mass is 19.1. The first-order valence-corrected chi connectivity index (χ1v) is 6.36. The maximum atomic E-state index is 14.0. The smallest absolute Gasteiger partial charge is 0.128 e. The van der Waals surface area contributed by atoms with Crippen molar-refractivity contribution in [3.63, 3.8) is 0 Å². The van der Waals surface area contributed by atoms with Crippen molar-refractivity contribution in [3.8, 4) is 11.8 Å². The van der Waals surface area contributed by atoms with Gasteiger partial charge in [0.25, 0.3) is 0 Å². The maximum absolute atomic E-state index is 14.0. The lowest BCUT2D eigenvalue weighted by molar-refractivity contribution is 0.312. The number of halogens is 1. The molecule has 4 heteroatoms. The molecule has 1 heterocycles. The molecule has 2 aromatic rings. The third-order valence-corrected chi connectivity index (χ3v) is 2.86. The van der Waals surface area contributed by atoms with E-state index in [1.807, 2.05) is 24.1 Å². The summed E-state index contributed by atoms with van der Waals surface area (Å²) in [5.74, 6) is 5.29. The number of nitrogens with two attached hydrogens (primary N) is 1. The first-order valence-electron chi connectivity index (χ1n) is 6.36. The monoisotopic (exact) mass is 272 g/mol. The summed E-state index contributed by atoms with van der Waals surface area (Å²) in [4.78, 5) is 2.02. The summed E-state index contributed by atoms with van der Waals surface area (Å²) in [5.41, 5.74) is 7.66. The summed E-state index contributed by atoms with van der Waals surface area (Å²) >= 11 is 0. The van der Waals surface area contributed by atoms with Crippen molar-refractivity contribution in [2.24, 2.45) is 5.73 Å². The van der Waals surface area contributed by atoms with Gasteiger partial charge in [-0.05, 0) is 25.2 Å². The van der Waals surface area contributed by atoms with Crippen molar-refractivity contribution in [1.29, 1.82) is 0 Å². The molecule has 0 radical (unpaired) electrons. The summed E-state index contributed by atoms with van der Waals surface area (Å²) in [5, 5.41) is 0. The average Bonchev–Trinajstić information content (AvgIpc) is 2.92. The van der Waals surface area contributed by atoms with Gasteiger partial charge in [0.2, 0.25) is 0 Å². The standard InChI is InChI=1S/C16H17FN2O/c1-19(10-14-6-8-20-12-14)11-15-5-4-13(3-2-7-18)9-16(15)17/h4-6,8-9,12H,7,10-11,18H2,1H3. The van der Waals surface area contributed by atoms with Gasteiger partial charge < -0.3 is 10.2 Å². The number of hydrogen-bond acceptors (Lipinski definition) is 3. The summed E-state index contributed by atoms with van der Waals surface area (Å²) in [7, 11) is 1.94. The Morgan fingerprint density at radius 2 is 2.15 bits per heavy atom. The molecule has 0 unspecified atom stereocenters. The molecule has 1 aromatic heterocycles. The molecule has 0 fully saturated rings. The Kier molecular flexibility index (Phi) is 4.94. The Morgan fingerprint density at radius 1 is 1.30 bits per heavy atom. The number of nitrogens with zero attached hydrogens (tertiary/aromatic N) is 1. The Labute approximate surface area is 118 Å². The van der Waals surface area contributed by atoms with E-state index in [0.29, 0.717) is 24.2 Å². The van der Waals surface area contributed by atoms with Crippen LogP contribution in [0.3, 0.4) is 0 Å². The van der Waals surface area contributed by atoms with E-state index in [2.05, 4.69) is 11.8 Å². The van der Waals surface area contributed by atoms with Crippen molar-refractivity contribution < 1.29 is 8.81 Å². The fraction of sp³-hybridized carbons (Fsp3) is 0.250. The lowest BCUT2D eigenvalue weighted by Gasteiger charge is -2.16. The predicted molar refractivity (Wildman–Crippen MR) is 76.2 cm³/mol. The second-order valence-electron chi connectivity index (χ2n) is 4.62. The quantitative estimate of drug-likeness (QED) is 0.869. The van der Waals surface area contributed by atoms with Crippen LogP contribution < -0.4 is 5.73 Å². The van der Waals surface area contributed by atoms with E-state index in [1.54, 1.807) is 18.6 Å². The zero-order chi connectivity index (χ0) is 14.4. The molecule has 0 aliphatic carbocycles. The van der Waals surface area contributed by atoms with E-state index in [1.165, 1.54) is 6.07 Å². The summed E-state index contributed by atoms with van der Waals surface area (Å²) in [6, 6.07) is 6.93. The van der Waals surface area contributed by atoms with Crippen molar-refractivity contribution in [2.45, 2.75) is 13.1 Å². The highest BCUT2D eigenvalue weighted by Gasteiger charge is 2.07. The minimum Gasteiger partial charge on any atom is -0.472 e. The molecule has 3 nitrogen and oxygen atoms in total. The van der Waals surface area contributed by atoms with E-state index in [4.69, 9.17) is 10.2 Å². The molecular formula is C16H17FN2O. The van der Waals surface area contributed by atoms with Gasteiger partial charge in [-0.3, -0.25) is 4.90 Å². The van der Waals surface area contributed by atoms with E-state index in [0.717, 1.165) is 5.56 Å². The number of hydrogen-bond donors (Lipinski definition) is 1. The Bertz CT molecular complexity index is 611. The molecule has 2 N–H and O–H groups in total. The van der Waals surface area contributed by atoms with Gasteiger partial charge >= 0.3 is 0 Å². The van der Waals surface area contributed by atoms with Crippen molar-refractivity contribution in [3.05, 3.63) is 59.3 Å². The normalized spacial score (nSPS) is 10.4. The lowest BCUT2D eigenvalue weighted by Crippen LogP contribution is -2.17. The van der Waals surface area contributed by atoms with Gasteiger partial charge in [0.15, 0.2) is 0 Å². The highest BCUT2D eigenvalue weighted by Crippen LogP contribution is 2.13. The van der Waals surface area contributed by atoms with Crippen molar-refractivity contribution >= 4 is 0 Å². The molecule has 1 aromatic carbocycles. The molecule has 0 spiro atoms. The molecule has 20 heavy (non-hydrogen) atoms. The number of benzene rings is 1. The lowest BCUT2D eigenvalue weighted by atomic mass is 10.1. The fourth-order valence-electron chi connectivity index (χ4n) is 1.95. The summed E-state index contributed by atoms with van der Waals surface area (Å²) in [6.45, 7) is 1.52. The molecule has 0 atom stereocenters. The molecule has 0 saturated carbocycles. The van der Waals surface area contributed by atoms with Gasteiger partial charge in [0.05, 0.1) is 19.1 Å². The van der Waals surface area contributed by atoms with Crippen LogP contribution in [0.25, 0.3) is 0 Å². The molecule has 2 rings (SSSR count). The van der Waals surface area contributed by atoms with Gasteiger partial charge in [-0.25, -0.2) is 4.39 Å². The predicted octanol–water partition coefficient (Wildman–Crippen LogP) is 2.36. The van der Waals surface area contributed by atoms with Crippen molar-refractivity contribution in [1.82, 2.24) is 4.90 Å². The zero-order valence-corrected chi connectivity index (χ0v) is 11.4. The third-order valence-electron chi connectivity index (χ3n) is 2.86. The Morgan fingerprint density at radius 3 is 2.80 bits per heavy atom. The molecular weight excluding hydrogens is 255 g/mol. The van der Waals surface area contributed by atoms with Crippen LogP contribution in [0, 0.1) is 17.7 Å². The van der Waals surface area contributed by atoms with Crippen LogP contribution in [0.5, 0.6) is 0 Å². The van der Waals surface area contributed by atoms with Gasteiger partial charge in [-0.15, -0.1) is 0 Å². The van der Waals surface area contributed by atoms with E-state index in [-0.39, 0.29) is 12.4 Å². The van der Waals surface area contributed by atoms with Crippen LogP contribution in [-0.4, -0.2) is 18.5 Å². The third kappa shape index (κ3) is 3.95. The molecule has 0 saturated heterocycles. The largest absolute Gasteiger partial charge is 0.472 e. The molecule has 0 aliphatic rings. The Balaban J connectivity index is 2.02. The van der Waals surface area contributed by atoms with Crippen LogP contribution in [-0.2, 0) is 13.1 Å². The second kappa shape index (κ2) is 6.90. The van der Waals surface area contributed by atoms with E-state index in [9.17, 15) is 4.39 Å². The van der Waals surface area contributed by atoms with Crippen LogP contribution in [0.1, 0.15) is 16.7 Å². The zero-order valence-electron chi connectivity index (χ0n) is 11.4. The van der Waals surface area contributed by atoms with Gasteiger partial charge in [0.1, 0.15) is 5.82 Å². The first kappa shape index (κ1) is 14.3. The fourth-order valence-corrected chi connectivity index (χ4v) is 1.95. The van der Waals surface area contributed by atoms with Gasteiger partial charge in [-0.1, -0.05) is 17.9 Å². The van der Waals surface area contributed by atoms with Crippen LogP contribution >= 0.6 is 0 Å². The minimum atomic E-state index is -0.243. The molecule has 0 bridgehead atoms. The SMILES string of the molecule is CN(Cc1ccoc1)Cc1ccc(C#CCN)cc1F. The second-order valence-corrected chi connectivity index (χ2v) is 4.62. The van der Waals surface area contributed by atoms with E-state index < -0.39 is 0 Å². The molecule has 0 amide bonds. The highest BCUT2D eigenvalue weighted by molar-refractivity contribution is 5.37. The van der Waals surface area contributed by atoms with Crippen LogP contribution in [0.15, 0.2) is 41.2 Å². The molecule has 0 aliphatic heterocycles. The number of rotatable bonds is 4. The van der Waals surface area contributed by atoms with Gasteiger partial charge in [0, 0.05) is 29.8 Å². The number of furan rings is 1. The molecule has 104 valence electrons. The van der Waals surface area contributed by atoms with Crippen molar-refractivity contribution in [2.75, 3.05) is 13.6 Å². The average molecular weight is 272 g/mol. The summed E-state index contributed by atoms with van der Waals surface area (Å²) < 4.78 is 19.0. The topological polar surface area (TPSA) is 42.4 Å². The van der Waals surface area contributed by atoms with Gasteiger partial charge in [-0.2, -0.15) is 0 Å².